The maximum Gasteiger partial charge on any atom is 0.291 e. The van der Waals surface area contributed by atoms with Crippen molar-refractivity contribution in [2.75, 3.05) is 31.2 Å². The zero-order valence-electron chi connectivity index (χ0n) is 14.6. The second kappa shape index (κ2) is 7.21. The average Bonchev–Trinajstić information content (AvgIpc) is 3.08. The third-order valence-corrected chi connectivity index (χ3v) is 6.88. The molecule has 6 nitrogen and oxygen atoms in total. The Bertz CT molecular complexity index is 857. The Balaban J connectivity index is 1.48. The van der Waals surface area contributed by atoms with Crippen molar-refractivity contribution in [2.45, 2.75) is 36.1 Å². The van der Waals surface area contributed by atoms with Gasteiger partial charge in [-0.3, -0.25) is 9.78 Å². The van der Waals surface area contributed by atoms with E-state index in [-0.39, 0.29) is 5.56 Å². The van der Waals surface area contributed by atoms with Gasteiger partial charge in [-0.05, 0) is 37.7 Å². The highest BCUT2D eigenvalue weighted by molar-refractivity contribution is 7.99. The normalized spacial score (nSPS) is 19.2. The first-order valence-electron chi connectivity index (χ1n) is 8.77. The second-order valence-electron chi connectivity index (χ2n) is 7.00. The average molecular weight is 393 g/mol. The molecule has 2 fully saturated rings. The van der Waals surface area contributed by atoms with E-state index in [0.717, 1.165) is 56.2 Å². The molecule has 2 aromatic heterocycles. The highest BCUT2D eigenvalue weighted by Gasteiger charge is 2.38. The van der Waals surface area contributed by atoms with Crippen LogP contribution in [0.4, 0.5) is 5.82 Å². The minimum absolute atomic E-state index is 0.157. The second-order valence-corrected chi connectivity index (χ2v) is 8.46. The number of anilines is 1. The number of nitrogens with zero attached hydrogens (tertiary/aromatic N) is 3. The van der Waals surface area contributed by atoms with E-state index in [1.807, 2.05) is 13.0 Å². The topological polar surface area (TPSA) is 71.1 Å². The quantitative estimate of drug-likeness (QED) is 0.864. The maximum atomic E-state index is 12.6. The van der Waals surface area contributed by atoms with Crippen molar-refractivity contribution in [3.63, 3.8) is 0 Å². The van der Waals surface area contributed by atoms with Crippen molar-refractivity contribution < 1.29 is 4.74 Å². The summed E-state index contributed by atoms with van der Waals surface area (Å²) in [5, 5.41) is 1.27. The van der Waals surface area contributed by atoms with Crippen LogP contribution in [0.15, 0.2) is 33.2 Å². The number of rotatable bonds is 3. The Morgan fingerprint density at radius 2 is 2.12 bits per heavy atom. The molecule has 4 rings (SSSR count). The Morgan fingerprint density at radius 1 is 1.31 bits per heavy atom. The van der Waals surface area contributed by atoms with Gasteiger partial charge in [0.05, 0.1) is 28.5 Å². The van der Waals surface area contributed by atoms with Gasteiger partial charge in [0.2, 0.25) is 0 Å². The highest BCUT2D eigenvalue weighted by Crippen LogP contribution is 2.39. The number of aromatic amines is 1. The van der Waals surface area contributed by atoms with Crippen molar-refractivity contribution in [1.82, 2.24) is 15.0 Å². The first-order chi connectivity index (χ1) is 12.6. The molecule has 2 aliphatic heterocycles. The van der Waals surface area contributed by atoms with Gasteiger partial charge in [0.1, 0.15) is 0 Å². The SMILES string of the molecule is Cc1nccc(Sc2cnc(N3CCC4(CCOC4)CC3)c(=O)[nH]2)c1Cl. The minimum atomic E-state index is -0.157. The molecule has 8 heteroatoms. The number of piperidine rings is 1. The van der Waals surface area contributed by atoms with Crippen LogP contribution in [-0.4, -0.2) is 41.3 Å². The number of ether oxygens (including phenoxy) is 1. The van der Waals surface area contributed by atoms with E-state index in [1.165, 1.54) is 11.8 Å². The first-order valence-corrected chi connectivity index (χ1v) is 9.97. The third-order valence-electron chi connectivity index (χ3n) is 5.30. The molecule has 0 aromatic carbocycles. The largest absolute Gasteiger partial charge is 0.381 e. The first kappa shape index (κ1) is 17.8. The van der Waals surface area contributed by atoms with Crippen molar-refractivity contribution in [1.29, 1.82) is 0 Å². The highest BCUT2D eigenvalue weighted by atomic mass is 35.5. The summed E-state index contributed by atoms with van der Waals surface area (Å²) < 4.78 is 5.57. The fourth-order valence-electron chi connectivity index (χ4n) is 3.61. The number of H-pyrrole nitrogens is 1. The minimum Gasteiger partial charge on any atom is -0.381 e. The van der Waals surface area contributed by atoms with E-state index in [9.17, 15) is 4.79 Å². The summed E-state index contributed by atoms with van der Waals surface area (Å²) in [4.78, 5) is 27.0. The van der Waals surface area contributed by atoms with Crippen LogP contribution < -0.4 is 10.5 Å². The van der Waals surface area contributed by atoms with Crippen molar-refractivity contribution in [2.24, 2.45) is 5.41 Å². The zero-order chi connectivity index (χ0) is 18.1. The fraction of sp³-hybridized carbons (Fsp3) is 0.500. The summed E-state index contributed by atoms with van der Waals surface area (Å²) in [5.74, 6) is 0.500. The summed E-state index contributed by atoms with van der Waals surface area (Å²) in [6.07, 6.45) is 6.65. The molecule has 0 unspecified atom stereocenters. The molecule has 2 aromatic rings. The fourth-order valence-corrected chi connectivity index (χ4v) is 4.69. The van der Waals surface area contributed by atoms with Gasteiger partial charge in [-0.25, -0.2) is 4.98 Å². The maximum absolute atomic E-state index is 12.6. The molecule has 1 N–H and O–H groups in total. The predicted octanol–water partition coefficient (Wildman–Crippen LogP) is 3.28. The van der Waals surface area contributed by atoms with Gasteiger partial charge in [0.25, 0.3) is 5.56 Å². The van der Waals surface area contributed by atoms with Crippen LogP contribution in [0.2, 0.25) is 5.02 Å². The van der Waals surface area contributed by atoms with E-state index < -0.39 is 0 Å². The molecule has 0 atom stereocenters. The molecular weight excluding hydrogens is 372 g/mol. The summed E-state index contributed by atoms with van der Waals surface area (Å²) in [6, 6.07) is 1.83. The van der Waals surface area contributed by atoms with Crippen LogP contribution >= 0.6 is 23.4 Å². The van der Waals surface area contributed by atoms with Gasteiger partial charge in [0.15, 0.2) is 5.82 Å². The van der Waals surface area contributed by atoms with Crippen LogP contribution in [0.1, 0.15) is 25.0 Å². The summed E-state index contributed by atoms with van der Waals surface area (Å²) >= 11 is 7.67. The Kier molecular flexibility index (Phi) is 4.94. The number of pyridine rings is 1. The lowest BCUT2D eigenvalue weighted by molar-refractivity contribution is 0.133. The Labute approximate surface area is 161 Å². The molecule has 4 heterocycles. The predicted molar refractivity (Wildman–Crippen MR) is 102 cm³/mol. The van der Waals surface area contributed by atoms with E-state index in [1.54, 1.807) is 12.4 Å². The molecule has 1 spiro atoms. The van der Waals surface area contributed by atoms with Crippen LogP contribution in [0.25, 0.3) is 0 Å². The van der Waals surface area contributed by atoms with Crippen molar-refractivity contribution >= 4 is 29.2 Å². The zero-order valence-corrected chi connectivity index (χ0v) is 16.2. The molecule has 0 bridgehead atoms. The van der Waals surface area contributed by atoms with Gasteiger partial charge in [-0.1, -0.05) is 23.4 Å². The molecule has 2 saturated heterocycles. The summed E-state index contributed by atoms with van der Waals surface area (Å²) in [6.45, 7) is 5.27. The van der Waals surface area contributed by atoms with Crippen LogP contribution in [0.5, 0.6) is 0 Å². The lowest BCUT2D eigenvalue weighted by atomic mass is 9.78. The molecule has 2 aliphatic rings. The summed E-state index contributed by atoms with van der Waals surface area (Å²) in [7, 11) is 0. The number of halogens is 1. The van der Waals surface area contributed by atoms with Crippen LogP contribution in [0.3, 0.4) is 0 Å². The van der Waals surface area contributed by atoms with Gasteiger partial charge < -0.3 is 14.6 Å². The van der Waals surface area contributed by atoms with E-state index >= 15 is 0 Å². The molecule has 0 aliphatic carbocycles. The molecule has 0 amide bonds. The van der Waals surface area contributed by atoms with Gasteiger partial charge in [-0.15, -0.1) is 0 Å². The lowest BCUT2D eigenvalue weighted by Gasteiger charge is -2.38. The molecular formula is C18H21ClN4O2S. The number of nitrogens with one attached hydrogen (secondary N) is 1. The Hall–Kier alpha value is -1.57. The Morgan fingerprint density at radius 3 is 2.81 bits per heavy atom. The molecule has 26 heavy (non-hydrogen) atoms. The monoisotopic (exact) mass is 392 g/mol. The van der Waals surface area contributed by atoms with Crippen LogP contribution in [0, 0.1) is 12.3 Å². The third kappa shape index (κ3) is 3.48. The van der Waals surface area contributed by atoms with E-state index in [4.69, 9.17) is 16.3 Å². The van der Waals surface area contributed by atoms with E-state index in [2.05, 4.69) is 19.9 Å². The van der Waals surface area contributed by atoms with E-state index in [0.29, 0.717) is 21.3 Å². The van der Waals surface area contributed by atoms with Gasteiger partial charge in [0, 0.05) is 30.8 Å². The van der Waals surface area contributed by atoms with Crippen molar-refractivity contribution in [3.8, 4) is 0 Å². The molecule has 0 saturated carbocycles. The standard InChI is InChI=1S/C18H21ClN4O2S/c1-12-15(19)13(2-6-20-12)26-14-10-21-16(17(24)22-14)23-7-3-18(4-8-23)5-9-25-11-18/h2,6,10H,3-5,7-9,11H2,1H3,(H,22,24). The van der Waals surface area contributed by atoms with Gasteiger partial charge >= 0.3 is 0 Å². The smallest absolute Gasteiger partial charge is 0.291 e. The van der Waals surface area contributed by atoms with Crippen molar-refractivity contribution in [3.05, 3.63) is 39.5 Å². The van der Waals surface area contributed by atoms with Crippen LogP contribution in [-0.2, 0) is 4.74 Å². The summed E-state index contributed by atoms with van der Waals surface area (Å²) in [5.41, 5.74) is 0.923. The van der Waals surface area contributed by atoms with Gasteiger partial charge in [-0.2, -0.15) is 0 Å². The number of aryl methyl sites for hydroxylation is 1. The molecule has 138 valence electrons. The molecule has 0 radical (unpaired) electrons. The lowest BCUT2D eigenvalue weighted by Crippen LogP contribution is -2.42. The number of hydrogen-bond donors (Lipinski definition) is 1. The number of hydrogen-bond acceptors (Lipinski definition) is 6. The number of aromatic nitrogens is 3.